The Morgan fingerprint density at radius 2 is 1.93 bits per heavy atom. The molecule has 2 nitrogen and oxygen atoms in total. The van der Waals surface area contributed by atoms with Crippen molar-refractivity contribution >= 4 is 5.69 Å². The fraction of sp³-hybridized carbons (Fsp3) is 0.455. The molecule has 1 N–H and O–H groups in total. The zero-order valence-electron chi connectivity index (χ0n) is 8.57. The SMILES string of the molecule is CCN(C[C@H](C)O)c1ccc(F)cc1. The minimum absolute atomic E-state index is 0.234. The Labute approximate surface area is 84.0 Å². The van der Waals surface area contributed by atoms with Gasteiger partial charge >= 0.3 is 0 Å². The Morgan fingerprint density at radius 3 is 2.36 bits per heavy atom. The van der Waals surface area contributed by atoms with Crippen LogP contribution in [-0.2, 0) is 0 Å². The number of aliphatic hydroxyl groups is 1. The average Bonchev–Trinajstić information content (AvgIpc) is 2.15. The van der Waals surface area contributed by atoms with E-state index in [0.717, 1.165) is 12.2 Å². The highest BCUT2D eigenvalue weighted by Crippen LogP contribution is 2.14. The van der Waals surface area contributed by atoms with Crippen molar-refractivity contribution in [3.05, 3.63) is 30.1 Å². The summed E-state index contributed by atoms with van der Waals surface area (Å²) >= 11 is 0. The lowest BCUT2D eigenvalue weighted by molar-refractivity contribution is 0.200. The van der Waals surface area contributed by atoms with Crippen molar-refractivity contribution in [1.82, 2.24) is 0 Å². The highest BCUT2D eigenvalue weighted by atomic mass is 19.1. The van der Waals surface area contributed by atoms with Gasteiger partial charge in [-0.3, -0.25) is 0 Å². The molecule has 0 aliphatic heterocycles. The van der Waals surface area contributed by atoms with Gasteiger partial charge < -0.3 is 10.0 Å². The van der Waals surface area contributed by atoms with Gasteiger partial charge in [-0.15, -0.1) is 0 Å². The Bertz CT molecular complexity index is 271. The first kappa shape index (κ1) is 11.0. The van der Waals surface area contributed by atoms with Gasteiger partial charge in [-0.25, -0.2) is 4.39 Å². The maximum atomic E-state index is 12.6. The number of rotatable bonds is 4. The van der Waals surface area contributed by atoms with Gasteiger partial charge in [-0.05, 0) is 38.1 Å². The number of likely N-dealkylation sites (N-methyl/N-ethyl adjacent to an activating group) is 1. The van der Waals surface area contributed by atoms with E-state index in [1.165, 1.54) is 12.1 Å². The number of anilines is 1. The number of halogens is 1. The largest absolute Gasteiger partial charge is 0.392 e. The van der Waals surface area contributed by atoms with Gasteiger partial charge in [0.2, 0.25) is 0 Å². The fourth-order valence-electron chi connectivity index (χ4n) is 1.39. The second-order valence-electron chi connectivity index (χ2n) is 3.36. The summed E-state index contributed by atoms with van der Waals surface area (Å²) in [5.74, 6) is -0.234. The third-order valence-corrected chi connectivity index (χ3v) is 2.06. The molecule has 0 amide bonds. The van der Waals surface area contributed by atoms with Gasteiger partial charge in [0.25, 0.3) is 0 Å². The molecule has 0 heterocycles. The number of nitrogens with zero attached hydrogens (tertiary/aromatic N) is 1. The van der Waals surface area contributed by atoms with Crippen molar-refractivity contribution in [2.75, 3.05) is 18.0 Å². The van der Waals surface area contributed by atoms with Gasteiger partial charge in [0.05, 0.1) is 6.10 Å². The average molecular weight is 197 g/mol. The second-order valence-corrected chi connectivity index (χ2v) is 3.36. The molecule has 3 heteroatoms. The van der Waals surface area contributed by atoms with E-state index in [2.05, 4.69) is 0 Å². The Hall–Kier alpha value is -1.09. The van der Waals surface area contributed by atoms with E-state index in [1.54, 1.807) is 19.1 Å². The van der Waals surface area contributed by atoms with Crippen LogP contribution >= 0.6 is 0 Å². The summed E-state index contributed by atoms with van der Waals surface area (Å²) in [7, 11) is 0. The summed E-state index contributed by atoms with van der Waals surface area (Å²) in [6.45, 7) is 5.12. The molecule has 0 spiro atoms. The zero-order valence-corrected chi connectivity index (χ0v) is 8.57. The van der Waals surface area contributed by atoms with E-state index >= 15 is 0 Å². The number of aliphatic hydroxyl groups excluding tert-OH is 1. The topological polar surface area (TPSA) is 23.5 Å². The Morgan fingerprint density at radius 1 is 1.36 bits per heavy atom. The predicted octanol–water partition coefficient (Wildman–Crippen LogP) is 2.03. The van der Waals surface area contributed by atoms with Crippen molar-refractivity contribution in [3.8, 4) is 0 Å². The summed E-state index contributed by atoms with van der Waals surface area (Å²) in [5, 5.41) is 9.25. The van der Waals surface area contributed by atoms with Gasteiger partial charge in [0.1, 0.15) is 5.82 Å². The monoisotopic (exact) mass is 197 g/mol. The molecular weight excluding hydrogens is 181 g/mol. The van der Waals surface area contributed by atoms with E-state index in [-0.39, 0.29) is 11.9 Å². The molecule has 0 saturated carbocycles. The van der Waals surface area contributed by atoms with Crippen molar-refractivity contribution in [2.45, 2.75) is 20.0 Å². The molecule has 0 bridgehead atoms. The molecule has 0 aromatic heterocycles. The highest BCUT2D eigenvalue weighted by Gasteiger charge is 2.06. The van der Waals surface area contributed by atoms with Crippen LogP contribution in [0.15, 0.2) is 24.3 Å². The summed E-state index contributed by atoms with van der Waals surface area (Å²) < 4.78 is 12.6. The first-order valence-corrected chi connectivity index (χ1v) is 4.82. The van der Waals surface area contributed by atoms with Crippen LogP contribution in [0.5, 0.6) is 0 Å². The van der Waals surface area contributed by atoms with Crippen LogP contribution in [0.25, 0.3) is 0 Å². The smallest absolute Gasteiger partial charge is 0.123 e. The molecule has 0 fully saturated rings. The van der Waals surface area contributed by atoms with Crippen molar-refractivity contribution < 1.29 is 9.50 Å². The molecule has 78 valence electrons. The Kier molecular flexibility index (Phi) is 3.89. The standard InChI is InChI=1S/C11H16FNO/c1-3-13(8-9(2)14)11-6-4-10(12)5-7-11/h4-7,9,14H,3,8H2,1-2H3/t9-/m0/s1. The molecular formula is C11H16FNO. The van der Waals surface area contributed by atoms with Crippen molar-refractivity contribution in [2.24, 2.45) is 0 Å². The third-order valence-electron chi connectivity index (χ3n) is 2.06. The predicted molar refractivity (Wildman–Crippen MR) is 56.0 cm³/mol. The maximum Gasteiger partial charge on any atom is 0.123 e. The summed E-state index contributed by atoms with van der Waals surface area (Å²) in [4.78, 5) is 2.00. The van der Waals surface area contributed by atoms with E-state index < -0.39 is 0 Å². The number of hydrogen-bond donors (Lipinski definition) is 1. The summed E-state index contributed by atoms with van der Waals surface area (Å²) in [6.07, 6.45) is -0.375. The zero-order chi connectivity index (χ0) is 10.6. The van der Waals surface area contributed by atoms with Crippen LogP contribution in [0, 0.1) is 5.82 Å². The van der Waals surface area contributed by atoms with Gasteiger partial charge in [0, 0.05) is 18.8 Å². The molecule has 1 rings (SSSR count). The summed E-state index contributed by atoms with van der Waals surface area (Å²) in [6, 6.07) is 6.31. The van der Waals surface area contributed by atoms with Crippen LogP contribution in [0.4, 0.5) is 10.1 Å². The van der Waals surface area contributed by atoms with Gasteiger partial charge in [-0.2, -0.15) is 0 Å². The van der Waals surface area contributed by atoms with Crippen molar-refractivity contribution in [1.29, 1.82) is 0 Å². The minimum atomic E-state index is -0.375. The molecule has 1 aromatic rings. The lowest BCUT2D eigenvalue weighted by Gasteiger charge is -2.24. The Balaban J connectivity index is 2.73. The third kappa shape index (κ3) is 3.00. The molecule has 0 aliphatic carbocycles. The van der Waals surface area contributed by atoms with E-state index in [9.17, 15) is 9.50 Å². The normalized spacial score (nSPS) is 12.6. The molecule has 0 radical (unpaired) electrons. The minimum Gasteiger partial charge on any atom is -0.392 e. The lowest BCUT2D eigenvalue weighted by atomic mass is 10.2. The maximum absolute atomic E-state index is 12.6. The molecule has 0 aliphatic rings. The number of hydrogen-bond acceptors (Lipinski definition) is 2. The molecule has 1 atom stereocenters. The first-order chi connectivity index (χ1) is 6.63. The molecule has 1 aromatic carbocycles. The summed E-state index contributed by atoms with van der Waals surface area (Å²) in [5.41, 5.74) is 0.940. The highest BCUT2D eigenvalue weighted by molar-refractivity contribution is 5.46. The molecule has 0 unspecified atom stereocenters. The van der Waals surface area contributed by atoms with Gasteiger partial charge in [-0.1, -0.05) is 0 Å². The van der Waals surface area contributed by atoms with Crippen LogP contribution in [0.1, 0.15) is 13.8 Å². The first-order valence-electron chi connectivity index (χ1n) is 4.82. The van der Waals surface area contributed by atoms with E-state index in [4.69, 9.17) is 0 Å². The van der Waals surface area contributed by atoms with Crippen LogP contribution < -0.4 is 4.90 Å². The van der Waals surface area contributed by atoms with Crippen LogP contribution in [0.2, 0.25) is 0 Å². The van der Waals surface area contributed by atoms with Crippen LogP contribution in [-0.4, -0.2) is 24.3 Å². The number of benzene rings is 1. The second kappa shape index (κ2) is 4.96. The van der Waals surface area contributed by atoms with Crippen molar-refractivity contribution in [3.63, 3.8) is 0 Å². The quantitative estimate of drug-likeness (QED) is 0.798. The van der Waals surface area contributed by atoms with Crippen LogP contribution in [0.3, 0.4) is 0 Å². The van der Waals surface area contributed by atoms with Gasteiger partial charge in [0.15, 0.2) is 0 Å². The molecule has 14 heavy (non-hydrogen) atoms. The van der Waals surface area contributed by atoms with E-state index in [0.29, 0.717) is 6.54 Å². The van der Waals surface area contributed by atoms with E-state index in [1.807, 2.05) is 11.8 Å². The fourth-order valence-corrected chi connectivity index (χ4v) is 1.39. The molecule has 0 saturated heterocycles. The lowest BCUT2D eigenvalue weighted by Crippen LogP contribution is -2.30.